The van der Waals surface area contributed by atoms with Crippen LogP contribution < -0.4 is 10.6 Å². The lowest BCUT2D eigenvalue weighted by Gasteiger charge is -2.14. The van der Waals surface area contributed by atoms with E-state index in [1.807, 2.05) is 35.0 Å². The Kier molecular flexibility index (Phi) is 5.36. The van der Waals surface area contributed by atoms with Crippen LogP contribution in [-0.4, -0.2) is 12.5 Å². The summed E-state index contributed by atoms with van der Waals surface area (Å²) in [6.45, 7) is 0.287. The van der Waals surface area contributed by atoms with Crippen molar-refractivity contribution in [3.05, 3.63) is 88.4 Å². The maximum atomic E-state index is 12.9. The van der Waals surface area contributed by atoms with Crippen LogP contribution in [0.25, 0.3) is 0 Å². The van der Waals surface area contributed by atoms with E-state index in [1.165, 1.54) is 17.0 Å². The molecule has 24 heavy (non-hydrogen) atoms. The number of rotatable bonds is 6. The molecule has 1 atom stereocenters. The van der Waals surface area contributed by atoms with E-state index in [0.717, 1.165) is 5.56 Å². The number of halogens is 1. The molecular weight excluding hydrogens is 323 g/mol. The molecule has 3 rings (SSSR count). The van der Waals surface area contributed by atoms with Crippen LogP contribution in [0.5, 0.6) is 0 Å². The van der Waals surface area contributed by atoms with E-state index in [-0.39, 0.29) is 24.3 Å². The Labute approximate surface area is 144 Å². The fourth-order valence-electron chi connectivity index (χ4n) is 2.52. The molecule has 3 nitrogen and oxygen atoms in total. The van der Waals surface area contributed by atoms with Crippen LogP contribution in [0.1, 0.15) is 16.5 Å². The first-order valence-corrected chi connectivity index (χ1v) is 8.57. The molecule has 1 amide bonds. The fourth-order valence-corrected chi connectivity index (χ4v) is 3.37. The van der Waals surface area contributed by atoms with Gasteiger partial charge in [0.25, 0.3) is 5.91 Å². The molecule has 0 saturated carbocycles. The van der Waals surface area contributed by atoms with Crippen molar-refractivity contribution in [3.63, 3.8) is 0 Å². The predicted octanol–water partition coefficient (Wildman–Crippen LogP) is 3.18. The number of hydrogen-bond donors (Lipinski definition) is 2. The first-order valence-electron chi connectivity index (χ1n) is 7.69. The summed E-state index contributed by atoms with van der Waals surface area (Å²) in [4.78, 5) is 13.4. The van der Waals surface area contributed by atoms with Crippen molar-refractivity contribution in [1.29, 1.82) is 0 Å². The van der Waals surface area contributed by atoms with Crippen LogP contribution in [0, 0.1) is 5.82 Å². The second-order valence-electron chi connectivity index (χ2n) is 5.40. The van der Waals surface area contributed by atoms with E-state index >= 15 is 0 Å². The summed E-state index contributed by atoms with van der Waals surface area (Å²) < 4.78 is 12.9. The number of quaternary nitrogens is 1. The van der Waals surface area contributed by atoms with Gasteiger partial charge in [0.05, 0.1) is 4.88 Å². The standard InChI is InChI=1S/C19H17FN2OS/c20-15-8-10-16(11-9-15)22-18(23)13-21-19(17-7-4-12-24-17)14-5-2-1-3-6-14/h1-12,19,21H,13H2,(H,22,23)/p+1/t19-/m0/s1. The van der Waals surface area contributed by atoms with Gasteiger partial charge < -0.3 is 10.6 Å². The average Bonchev–Trinajstić information content (AvgIpc) is 3.12. The zero-order valence-corrected chi connectivity index (χ0v) is 13.8. The topological polar surface area (TPSA) is 45.7 Å². The quantitative estimate of drug-likeness (QED) is 0.711. The molecule has 0 saturated heterocycles. The van der Waals surface area contributed by atoms with E-state index in [0.29, 0.717) is 5.69 Å². The summed E-state index contributed by atoms with van der Waals surface area (Å²) in [5, 5.41) is 6.84. The van der Waals surface area contributed by atoms with Crippen molar-refractivity contribution in [1.82, 2.24) is 0 Å². The molecule has 1 heterocycles. The Morgan fingerprint density at radius 2 is 1.79 bits per heavy atom. The van der Waals surface area contributed by atoms with E-state index in [1.54, 1.807) is 23.5 Å². The molecule has 2 aromatic carbocycles. The maximum absolute atomic E-state index is 12.9. The van der Waals surface area contributed by atoms with Gasteiger partial charge in [-0.05, 0) is 35.7 Å². The Morgan fingerprint density at radius 3 is 2.46 bits per heavy atom. The van der Waals surface area contributed by atoms with Gasteiger partial charge >= 0.3 is 0 Å². The van der Waals surface area contributed by atoms with Gasteiger partial charge in [-0.2, -0.15) is 0 Å². The number of amides is 1. The van der Waals surface area contributed by atoms with E-state index in [9.17, 15) is 9.18 Å². The van der Waals surface area contributed by atoms with Gasteiger partial charge in [0.15, 0.2) is 6.54 Å². The largest absolute Gasteiger partial charge is 0.328 e. The number of nitrogens with one attached hydrogen (secondary N) is 1. The van der Waals surface area contributed by atoms with Crippen LogP contribution in [0.2, 0.25) is 0 Å². The first kappa shape index (κ1) is 16.4. The molecule has 0 fully saturated rings. The molecule has 0 unspecified atom stereocenters. The van der Waals surface area contributed by atoms with Crippen molar-refractivity contribution in [2.75, 3.05) is 11.9 Å². The van der Waals surface area contributed by atoms with Crippen molar-refractivity contribution in [3.8, 4) is 0 Å². The summed E-state index contributed by atoms with van der Waals surface area (Å²) >= 11 is 1.68. The Morgan fingerprint density at radius 1 is 1.04 bits per heavy atom. The fraction of sp³-hybridized carbons (Fsp3) is 0.105. The predicted molar refractivity (Wildman–Crippen MR) is 94.4 cm³/mol. The molecule has 0 radical (unpaired) electrons. The van der Waals surface area contributed by atoms with Crippen LogP contribution in [-0.2, 0) is 4.79 Å². The Hall–Kier alpha value is -2.50. The molecule has 122 valence electrons. The molecule has 3 N–H and O–H groups in total. The summed E-state index contributed by atoms with van der Waals surface area (Å²) in [7, 11) is 0. The van der Waals surface area contributed by atoms with E-state index in [4.69, 9.17) is 0 Å². The first-order chi connectivity index (χ1) is 11.7. The monoisotopic (exact) mass is 341 g/mol. The highest BCUT2D eigenvalue weighted by atomic mass is 32.1. The zero-order valence-electron chi connectivity index (χ0n) is 13.0. The minimum Gasteiger partial charge on any atom is -0.328 e. The van der Waals surface area contributed by atoms with E-state index < -0.39 is 0 Å². The highest BCUT2D eigenvalue weighted by Crippen LogP contribution is 2.22. The average molecular weight is 341 g/mol. The van der Waals surface area contributed by atoms with Gasteiger partial charge in [0.2, 0.25) is 0 Å². The van der Waals surface area contributed by atoms with Gasteiger partial charge in [-0.15, -0.1) is 11.3 Å². The second-order valence-corrected chi connectivity index (χ2v) is 6.38. The number of carbonyl (C=O) groups is 1. The van der Waals surface area contributed by atoms with Crippen LogP contribution in [0.3, 0.4) is 0 Å². The zero-order chi connectivity index (χ0) is 16.8. The molecule has 0 bridgehead atoms. The van der Waals surface area contributed by atoms with Crippen molar-refractivity contribution in [2.24, 2.45) is 0 Å². The third-order valence-corrected chi connectivity index (χ3v) is 4.63. The number of anilines is 1. The smallest absolute Gasteiger partial charge is 0.279 e. The molecule has 1 aromatic heterocycles. The third-order valence-electron chi connectivity index (χ3n) is 3.68. The SMILES string of the molecule is O=C(C[NH2+][C@@H](c1ccccc1)c1cccs1)Nc1ccc(F)cc1. The van der Waals surface area contributed by atoms with Gasteiger partial charge in [0, 0.05) is 11.3 Å². The summed E-state index contributed by atoms with van der Waals surface area (Å²) in [5.74, 6) is -0.430. The lowest BCUT2D eigenvalue weighted by molar-refractivity contribution is -0.675. The number of thiophene rings is 1. The molecular formula is C19H18FN2OS+. The molecule has 0 spiro atoms. The van der Waals surface area contributed by atoms with Crippen molar-refractivity contribution in [2.45, 2.75) is 6.04 Å². The normalized spacial score (nSPS) is 11.9. The van der Waals surface area contributed by atoms with Crippen molar-refractivity contribution >= 4 is 22.9 Å². The minimum atomic E-state index is -0.318. The summed E-state index contributed by atoms with van der Waals surface area (Å²) in [5.41, 5.74) is 1.76. The second kappa shape index (κ2) is 7.86. The summed E-state index contributed by atoms with van der Waals surface area (Å²) in [6.07, 6.45) is 0. The van der Waals surface area contributed by atoms with Crippen LogP contribution in [0.15, 0.2) is 72.1 Å². The highest BCUT2D eigenvalue weighted by Gasteiger charge is 2.19. The van der Waals surface area contributed by atoms with Gasteiger partial charge in [-0.3, -0.25) is 4.79 Å². The molecule has 0 aliphatic carbocycles. The van der Waals surface area contributed by atoms with Crippen LogP contribution >= 0.6 is 11.3 Å². The Bertz CT molecular complexity index is 773. The number of hydrogen-bond acceptors (Lipinski definition) is 2. The van der Waals surface area contributed by atoms with Gasteiger partial charge in [0.1, 0.15) is 11.9 Å². The molecule has 3 aromatic rings. The number of carbonyl (C=O) groups excluding carboxylic acids is 1. The van der Waals surface area contributed by atoms with E-state index in [2.05, 4.69) is 23.5 Å². The number of nitrogens with two attached hydrogens (primary N) is 1. The summed E-state index contributed by atoms with van der Waals surface area (Å²) in [6, 6.07) is 20.1. The molecule has 0 aliphatic heterocycles. The highest BCUT2D eigenvalue weighted by molar-refractivity contribution is 7.10. The van der Waals surface area contributed by atoms with Crippen LogP contribution in [0.4, 0.5) is 10.1 Å². The van der Waals surface area contributed by atoms with Gasteiger partial charge in [-0.1, -0.05) is 36.4 Å². The molecule has 0 aliphatic rings. The lowest BCUT2D eigenvalue weighted by atomic mass is 10.1. The lowest BCUT2D eigenvalue weighted by Crippen LogP contribution is -2.87. The Balaban J connectivity index is 1.65. The third kappa shape index (κ3) is 4.28. The van der Waals surface area contributed by atoms with Gasteiger partial charge in [-0.25, -0.2) is 4.39 Å². The van der Waals surface area contributed by atoms with Crippen molar-refractivity contribution < 1.29 is 14.5 Å². The maximum Gasteiger partial charge on any atom is 0.279 e. The number of benzene rings is 2. The minimum absolute atomic E-state index is 0.0881. The molecule has 5 heteroatoms.